The van der Waals surface area contributed by atoms with Crippen LogP contribution in [0.5, 0.6) is 0 Å². The third kappa shape index (κ3) is 8.36. The van der Waals surface area contributed by atoms with Gasteiger partial charge in [0, 0.05) is 12.1 Å². The number of nitrogens with zero attached hydrogens (tertiary/aromatic N) is 1. The summed E-state index contributed by atoms with van der Waals surface area (Å²) in [5.74, 6) is -0.714. The SMILES string of the molecule is C=CCN(C(=O)C(C)NC(=O)OC(C)(C)C)C(C(=O)NC(C)(C)C)c1ccc(C)cc1C. The van der Waals surface area contributed by atoms with Gasteiger partial charge in [-0.25, -0.2) is 4.79 Å². The average Bonchev–Trinajstić information content (AvgIpc) is 2.59. The zero-order chi connectivity index (χ0) is 24.9. The van der Waals surface area contributed by atoms with Crippen LogP contribution >= 0.6 is 0 Å². The lowest BCUT2D eigenvalue weighted by Crippen LogP contribution is -2.54. The van der Waals surface area contributed by atoms with Gasteiger partial charge in [0.1, 0.15) is 17.7 Å². The molecule has 2 N–H and O–H groups in total. The van der Waals surface area contributed by atoms with Crippen LogP contribution in [0.1, 0.15) is 71.2 Å². The Balaban J connectivity index is 3.36. The zero-order valence-electron chi connectivity index (χ0n) is 21.0. The number of alkyl carbamates (subject to hydrolysis) is 1. The van der Waals surface area contributed by atoms with Crippen LogP contribution in [-0.2, 0) is 14.3 Å². The first kappa shape index (κ1) is 27.2. The number of benzene rings is 1. The van der Waals surface area contributed by atoms with Crippen LogP contribution in [0.15, 0.2) is 30.9 Å². The monoisotopic (exact) mass is 445 g/mol. The molecule has 0 bridgehead atoms. The van der Waals surface area contributed by atoms with Crippen molar-refractivity contribution < 1.29 is 19.1 Å². The fraction of sp³-hybridized carbons (Fsp3) is 0.560. The number of hydrogen-bond acceptors (Lipinski definition) is 4. The maximum Gasteiger partial charge on any atom is 0.408 e. The van der Waals surface area contributed by atoms with E-state index < -0.39 is 35.2 Å². The molecule has 0 aliphatic rings. The van der Waals surface area contributed by atoms with Crippen molar-refractivity contribution >= 4 is 17.9 Å². The third-order valence-corrected chi connectivity index (χ3v) is 4.49. The Labute approximate surface area is 192 Å². The van der Waals surface area contributed by atoms with Gasteiger partial charge in [-0.3, -0.25) is 9.59 Å². The van der Waals surface area contributed by atoms with Gasteiger partial charge in [-0.1, -0.05) is 29.8 Å². The summed E-state index contributed by atoms with van der Waals surface area (Å²) in [5.41, 5.74) is 1.49. The Morgan fingerprint density at radius 1 is 1.12 bits per heavy atom. The largest absolute Gasteiger partial charge is 0.444 e. The van der Waals surface area contributed by atoms with E-state index in [0.717, 1.165) is 16.7 Å². The molecule has 1 aromatic carbocycles. The molecule has 0 radical (unpaired) electrons. The van der Waals surface area contributed by atoms with Crippen molar-refractivity contribution in [2.45, 2.75) is 85.5 Å². The second-order valence-electron chi connectivity index (χ2n) is 10.1. The van der Waals surface area contributed by atoms with E-state index in [1.165, 1.54) is 4.90 Å². The van der Waals surface area contributed by atoms with E-state index in [1.807, 2.05) is 52.8 Å². The van der Waals surface area contributed by atoms with Crippen molar-refractivity contribution in [1.29, 1.82) is 0 Å². The van der Waals surface area contributed by atoms with E-state index in [4.69, 9.17) is 4.74 Å². The van der Waals surface area contributed by atoms with E-state index in [9.17, 15) is 14.4 Å². The van der Waals surface area contributed by atoms with E-state index >= 15 is 0 Å². The summed E-state index contributed by atoms with van der Waals surface area (Å²) >= 11 is 0. The Hall–Kier alpha value is -2.83. The molecule has 0 fully saturated rings. The summed E-state index contributed by atoms with van der Waals surface area (Å²) in [5, 5.41) is 5.56. The van der Waals surface area contributed by atoms with Crippen molar-refractivity contribution in [2.24, 2.45) is 0 Å². The quantitative estimate of drug-likeness (QED) is 0.616. The minimum atomic E-state index is -0.902. The number of carbonyl (C=O) groups is 3. The highest BCUT2D eigenvalue weighted by atomic mass is 16.6. The van der Waals surface area contributed by atoms with Gasteiger partial charge in [-0.15, -0.1) is 6.58 Å². The van der Waals surface area contributed by atoms with Crippen LogP contribution in [0.4, 0.5) is 4.79 Å². The van der Waals surface area contributed by atoms with Gasteiger partial charge in [0.05, 0.1) is 0 Å². The molecule has 0 aromatic heterocycles. The standard InChI is InChI=1S/C25H39N3O4/c1-11-14-28(22(30)18(4)26-23(31)32-25(8,9)10)20(21(29)27-24(5,6)7)19-13-12-16(2)15-17(19)3/h11-13,15,18,20H,1,14H2,2-10H3,(H,26,31)(H,27,29). The number of amides is 3. The molecular weight excluding hydrogens is 406 g/mol. The van der Waals surface area contributed by atoms with Gasteiger partial charge in [-0.05, 0) is 73.4 Å². The molecule has 0 aliphatic heterocycles. The van der Waals surface area contributed by atoms with Gasteiger partial charge in [-0.2, -0.15) is 0 Å². The number of carbonyl (C=O) groups excluding carboxylic acids is 3. The first-order chi connectivity index (χ1) is 14.6. The van der Waals surface area contributed by atoms with Gasteiger partial charge < -0.3 is 20.3 Å². The zero-order valence-corrected chi connectivity index (χ0v) is 21.0. The van der Waals surface area contributed by atoms with E-state index in [-0.39, 0.29) is 12.5 Å². The fourth-order valence-corrected chi connectivity index (χ4v) is 3.28. The first-order valence-corrected chi connectivity index (χ1v) is 10.9. The summed E-state index contributed by atoms with van der Waals surface area (Å²) in [7, 11) is 0. The number of nitrogens with one attached hydrogen (secondary N) is 2. The minimum absolute atomic E-state index is 0.134. The second kappa shape index (κ2) is 10.7. The summed E-state index contributed by atoms with van der Waals surface area (Å²) in [4.78, 5) is 40.5. The number of hydrogen-bond donors (Lipinski definition) is 2. The molecule has 0 saturated heterocycles. The molecule has 0 saturated carbocycles. The predicted octanol–water partition coefficient (Wildman–Crippen LogP) is 4.19. The van der Waals surface area contributed by atoms with Crippen LogP contribution in [-0.4, -0.2) is 46.5 Å². The Kier molecular flexibility index (Phi) is 9.06. The molecule has 2 atom stereocenters. The van der Waals surface area contributed by atoms with Crippen molar-refractivity contribution in [2.75, 3.05) is 6.54 Å². The maximum atomic E-state index is 13.4. The molecule has 7 nitrogen and oxygen atoms in total. The van der Waals surface area contributed by atoms with Gasteiger partial charge in [0.2, 0.25) is 11.8 Å². The summed E-state index contributed by atoms with van der Waals surface area (Å²) in [6.07, 6.45) is 0.873. The van der Waals surface area contributed by atoms with E-state index in [2.05, 4.69) is 17.2 Å². The molecule has 7 heteroatoms. The third-order valence-electron chi connectivity index (χ3n) is 4.49. The second-order valence-corrected chi connectivity index (χ2v) is 10.1. The molecule has 1 rings (SSSR count). The van der Waals surface area contributed by atoms with Crippen molar-refractivity contribution in [3.63, 3.8) is 0 Å². The van der Waals surface area contributed by atoms with Crippen LogP contribution < -0.4 is 10.6 Å². The average molecular weight is 446 g/mol. The Morgan fingerprint density at radius 3 is 2.19 bits per heavy atom. The molecule has 0 spiro atoms. The number of rotatable bonds is 7. The topological polar surface area (TPSA) is 87.7 Å². The lowest BCUT2D eigenvalue weighted by Gasteiger charge is -2.35. The molecule has 2 unspecified atom stereocenters. The van der Waals surface area contributed by atoms with Crippen molar-refractivity contribution in [3.8, 4) is 0 Å². The molecule has 0 aliphatic carbocycles. The van der Waals surface area contributed by atoms with Crippen LogP contribution in [0.3, 0.4) is 0 Å². The van der Waals surface area contributed by atoms with Crippen LogP contribution in [0.2, 0.25) is 0 Å². The summed E-state index contributed by atoms with van der Waals surface area (Å²) < 4.78 is 5.27. The highest BCUT2D eigenvalue weighted by Crippen LogP contribution is 2.27. The summed E-state index contributed by atoms with van der Waals surface area (Å²) in [6.45, 7) is 20.2. The molecule has 0 heterocycles. The van der Waals surface area contributed by atoms with Crippen molar-refractivity contribution in [1.82, 2.24) is 15.5 Å². The van der Waals surface area contributed by atoms with Gasteiger partial charge in [0.25, 0.3) is 0 Å². The molecule has 32 heavy (non-hydrogen) atoms. The molecule has 178 valence electrons. The summed E-state index contributed by atoms with van der Waals surface area (Å²) in [6, 6.07) is 3.97. The number of aryl methyl sites for hydroxylation is 2. The van der Waals surface area contributed by atoms with E-state index in [0.29, 0.717) is 0 Å². The highest BCUT2D eigenvalue weighted by Gasteiger charge is 2.36. The normalized spacial score (nSPS) is 13.5. The maximum absolute atomic E-state index is 13.4. The highest BCUT2D eigenvalue weighted by molar-refractivity contribution is 5.92. The molecule has 1 aromatic rings. The van der Waals surface area contributed by atoms with Crippen molar-refractivity contribution in [3.05, 3.63) is 47.5 Å². The fourth-order valence-electron chi connectivity index (χ4n) is 3.28. The Morgan fingerprint density at radius 2 is 1.72 bits per heavy atom. The first-order valence-electron chi connectivity index (χ1n) is 10.9. The lowest BCUT2D eigenvalue weighted by molar-refractivity contribution is -0.142. The number of ether oxygens (including phenoxy) is 1. The lowest BCUT2D eigenvalue weighted by atomic mass is 9.95. The predicted molar refractivity (Wildman–Crippen MR) is 127 cm³/mol. The Bertz CT molecular complexity index is 850. The van der Waals surface area contributed by atoms with Crippen LogP contribution in [0.25, 0.3) is 0 Å². The van der Waals surface area contributed by atoms with Gasteiger partial charge >= 0.3 is 6.09 Å². The smallest absolute Gasteiger partial charge is 0.408 e. The molecule has 3 amide bonds. The molecular formula is C25H39N3O4. The minimum Gasteiger partial charge on any atom is -0.444 e. The van der Waals surface area contributed by atoms with Crippen LogP contribution in [0, 0.1) is 13.8 Å². The van der Waals surface area contributed by atoms with Gasteiger partial charge in [0.15, 0.2) is 0 Å². The van der Waals surface area contributed by atoms with E-state index in [1.54, 1.807) is 33.8 Å².